The Hall–Kier alpha value is -1.31. The van der Waals surface area contributed by atoms with Crippen LogP contribution in [0.25, 0.3) is 0 Å². The van der Waals surface area contributed by atoms with Gasteiger partial charge in [-0.1, -0.05) is 26.8 Å². The van der Waals surface area contributed by atoms with Gasteiger partial charge in [0.05, 0.1) is 0 Å². The number of fused-ring (bicyclic) bond motifs is 1. The van der Waals surface area contributed by atoms with Gasteiger partial charge in [-0.3, -0.25) is 4.79 Å². The Morgan fingerprint density at radius 3 is 2.71 bits per heavy atom. The maximum atomic E-state index is 11.2. The Kier molecular flexibility index (Phi) is 3.23. The first-order valence-electron chi connectivity index (χ1n) is 6.34. The molecule has 0 aromatic heterocycles. The lowest BCUT2D eigenvalue weighted by Gasteiger charge is -2.14. The number of carbonyl (C=O) groups excluding carboxylic acids is 1. The van der Waals surface area contributed by atoms with Gasteiger partial charge in [0.15, 0.2) is 0 Å². The van der Waals surface area contributed by atoms with Crippen LogP contribution in [0.5, 0.6) is 5.75 Å². The van der Waals surface area contributed by atoms with Crippen LogP contribution in [0.4, 0.5) is 0 Å². The van der Waals surface area contributed by atoms with E-state index in [4.69, 9.17) is 4.74 Å². The number of benzene rings is 1. The predicted molar refractivity (Wildman–Crippen MR) is 68.6 cm³/mol. The van der Waals surface area contributed by atoms with Crippen LogP contribution in [0.3, 0.4) is 0 Å². The van der Waals surface area contributed by atoms with Gasteiger partial charge in [-0.05, 0) is 47.4 Å². The normalized spacial score (nSPS) is 18.3. The number of rotatable bonds is 2. The smallest absolute Gasteiger partial charge is 0.308 e. The largest absolute Gasteiger partial charge is 0.426 e. The second kappa shape index (κ2) is 4.52. The Morgan fingerprint density at radius 1 is 1.41 bits per heavy atom. The summed E-state index contributed by atoms with van der Waals surface area (Å²) in [6.45, 7) is 8.04. The van der Waals surface area contributed by atoms with Gasteiger partial charge in [0.2, 0.25) is 0 Å². The van der Waals surface area contributed by atoms with Crippen LogP contribution in [0.2, 0.25) is 0 Å². The molecule has 1 atom stereocenters. The standard InChI is InChI=1S/C15H20O2/c1-9(2)12-7-14-10(3)5-6-13(14)15(8-12)17-11(4)16/h7-10H,5-6H2,1-4H3/t10-/m1/s1. The lowest BCUT2D eigenvalue weighted by molar-refractivity contribution is -0.131. The van der Waals surface area contributed by atoms with Crippen molar-refractivity contribution in [1.82, 2.24) is 0 Å². The van der Waals surface area contributed by atoms with Crippen molar-refractivity contribution in [2.75, 3.05) is 0 Å². The summed E-state index contributed by atoms with van der Waals surface area (Å²) in [5.74, 6) is 1.59. The van der Waals surface area contributed by atoms with Gasteiger partial charge in [0, 0.05) is 6.92 Å². The molecular formula is C15H20O2. The van der Waals surface area contributed by atoms with Gasteiger partial charge in [-0.15, -0.1) is 0 Å². The minimum absolute atomic E-state index is 0.229. The zero-order chi connectivity index (χ0) is 12.6. The van der Waals surface area contributed by atoms with Gasteiger partial charge in [-0.2, -0.15) is 0 Å². The molecule has 92 valence electrons. The Balaban J connectivity index is 2.50. The van der Waals surface area contributed by atoms with Gasteiger partial charge in [-0.25, -0.2) is 0 Å². The molecule has 2 heteroatoms. The summed E-state index contributed by atoms with van der Waals surface area (Å²) in [7, 11) is 0. The molecule has 1 aromatic rings. The molecule has 0 bridgehead atoms. The van der Waals surface area contributed by atoms with Gasteiger partial charge < -0.3 is 4.74 Å². The molecule has 17 heavy (non-hydrogen) atoms. The molecule has 0 spiro atoms. The highest BCUT2D eigenvalue weighted by molar-refractivity contribution is 5.70. The van der Waals surface area contributed by atoms with Gasteiger partial charge >= 0.3 is 5.97 Å². The van der Waals surface area contributed by atoms with E-state index in [0.717, 1.165) is 18.6 Å². The number of esters is 1. The second-order valence-electron chi connectivity index (χ2n) is 5.27. The van der Waals surface area contributed by atoms with Crippen molar-refractivity contribution in [3.8, 4) is 5.75 Å². The van der Waals surface area contributed by atoms with E-state index in [-0.39, 0.29) is 5.97 Å². The summed E-state index contributed by atoms with van der Waals surface area (Å²) in [5, 5.41) is 0. The van der Waals surface area contributed by atoms with Crippen LogP contribution in [0.15, 0.2) is 12.1 Å². The first-order valence-corrected chi connectivity index (χ1v) is 6.34. The highest BCUT2D eigenvalue weighted by atomic mass is 16.5. The number of hydrogen-bond donors (Lipinski definition) is 0. The van der Waals surface area contributed by atoms with Crippen molar-refractivity contribution in [2.45, 2.75) is 52.4 Å². The topological polar surface area (TPSA) is 26.3 Å². The van der Waals surface area contributed by atoms with Crippen LogP contribution in [-0.2, 0) is 11.2 Å². The monoisotopic (exact) mass is 232 g/mol. The second-order valence-corrected chi connectivity index (χ2v) is 5.27. The van der Waals surface area contributed by atoms with Gasteiger partial charge in [0.1, 0.15) is 5.75 Å². The third-order valence-corrected chi connectivity index (χ3v) is 3.54. The van der Waals surface area contributed by atoms with Crippen molar-refractivity contribution < 1.29 is 9.53 Å². The number of hydrogen-bond acceptors (Lipinski definition) is 2. The van der Waals surface area contributed by atoms with Crippen molar-refractivity contribution in [3.05, 3.63) is 28.8 Å². The van der Waals surface area contributed by atoms with Crippen LogP contribution < -0.4 is 4.74 Å². The summed E-state index contributed by atoms with van der Waals surface area (Å²) in [6.07, 6.45) is 2.18. The first-order chi connectivity index (χ1) is 7.99. The van der Waals surface area contributed by atoms with E-state index in [1.54, 1.807) is 0 Å². The molecule has 1 aliphatic rings. The van der Waals surface area contributed by atoms with Crippen LogP contribution in [0, 0.1) is 0 Å². The molecular weight excluding hydrogens is 212 g/mol. The summed E-state index contributed by atoms with van der Waals surface area (Å²) in [6, 6.07) is 4.31. The molecule has 0 unspecified atom stereocenters. The number of ether oxygens (including phenoxy) is 1. The molecule has 0 aliphatic heterocycles. The fourth-order valence-corrected chi connectivity index (χ4v) is 2.49. The van der Waals surface area contributed by atoms with Gasteiger partial charge in [0.25, 0.3) is 0 Å². The van der Waals surface area contributed by atoms with E-state index in [1.807, 2.05) is 6.07 Å². The molecule has 0 saturated heterocycles. The molecule has 0 amide bonds. The maximum absolute atomic E-state index is 11.2. The molecule has 1 aromatic carbocycles. The van der Waals surface area contributed by atoms with E-state index >= 15 is 0 Å². The summed E-state index contributed by atoms with van der Waals surface area (Å²) >= 11 is 0. The molecule has 0 heterocycles. The third kappa shape index (κ3) is 2.36. The van der Waals surface area contributed by atoms with Crippen molar-refractivity contribution >= 4 is 5.97 Å². The highest BCUT2D eigenvalue weighted by Gasteiger charge is 2.24. The Morgan fingerprint density at radius 2 is 2.12 bits per heavy atom. The third-order valence-electron chi connectivity index (χ3n) is 3.54. The molecule has 0 saturated carbocycles. The summed E-state index contributed by atoms with van der Waals surface area (Å²) in [4.78, 5) is 11.2. The zero-order valence-electron chi connectivity index (χ0n) is 11.0. The highest BCUT2D eigenvalue weighted by Crippen LogP contribution is 2.40. The van der Waals surface area contributed by atoms with E-state index in [1.165, 1.54) is 23.6 Å². The molecule has 2 nitrogen and oxygen atoms in total. The average molecular weight is 232 g/mol. The van der Waals surface area contributed by atoms with Crippen molar-refractivity contribution in [1.29, 1.82) is 0 Å². The van der Waals surface area contributed by atoms with Crippen LogP contribution in [0.1, 0.15) is 62.6 Å². The molecule has 0 radical (unpaired) electrons. The SMILES string of the molecule is CC(=O)Oc1cc(C(C)C)cc2c1CC[C@H]2C. The molecule has 2 rings (SSSR count). The average Bonchev–Trinajstić information content (AvgIpc) is 2.60. The fourth-order valence-electron chi connectivity index (χ4n) is 2.49. The fraction of sp³-hybridized carbons (Fsp3) is 0.533. The van der Waals surface area contributed by atoms with Crippen LogP contribution in [-0.4, -0.2) is 5.97 Å². The predicted octanol–water partition coefficient (Wildman–Crippen LogP) is 3.79. The minimum atomic E-state index is -0.229. The van der Waals surface area contributed by atoms with E-state index < -0.39 is 0 Å². The lowest BCUT2D eigenvalue weighted by Crippen LogP contribution is -2.05. The summed E-state index contributed by atoms with van der Waals surface area (Å²) in [5.41, 5.74) is 3.86. The van der Waals surface area contributed by atoms with E-state index in [9.17, 15) is 4.79 Å². The van der Waals surface area contributed by atoms with E-state index in [0.29, 0.717) is 11.8 Å². The lowest BCUT2D eigenvalue weighted by atomic mass is 9.95. The van der Waals surface area contributed by atoms with Crippen molar-refractivity contribution in [2.24, 2.45) is 0 Å². The number of carbonyl (C=O) groups is 1. The van der Waals surface area contributed by atoms with Crippen molar-refractivity contribution in [3.63, 3.8) is 0 Å². The zero-order valence-corrected chi connectivity index (χ0v) is 11.0. The minimum Gasteiger partial charge on any atom is -0.426 e. The quantitative estimate of drug-likeness (QED) is 0.573. The van der Waals surface area contributed by atoms with E-state index in [2.05, 4.69) is 26.8 Å². The molecule has 0 fully saturated rings. The first kappa shape index (κ1) is 12.2. The Labute approximate surface area is 103 Å². The maximum Gasteiger partial charge on any atom is 0.308 e. The molecule has 1 aliphatic carbocycles. The summed E-state index contributed by atoms with van der Waals surface area (Å²) < 4.78 is 5.36. The molecule has 0 N–H and O–H groups in total. The van der Waals surface area contributed by atoms with Crippen LogP contribution >= 0.6 is 0 Å². The Bertz CT molecular complexity index is 446.